The maximum atomic E-state index is 14.3. The van der Waals surface area contributed by atoms with Gasteiger partial charge in [-0.15, -0.1) is 0 Å². The third-order valence-electron chi connectivity index (χ3n) is 5.64. The van der Waals surface area contributed by atoms with Gasteiger partial charge >= 0.3 is 0 Å². The molecule has 1 fully saturated rings. The highest BCUT2D eigenvalue weighted by Crippen LogP contribution is 2.33. The second-order valence-electron chi connectivity index (χ2n) is 7.58. The van der Waals surface area contributed by atoms with Gasteiger partial charge in [0.1, 0.15) is 17.3 Å². The molecule has 158 valence electrons. The molecular formula is C22H29F2N3O2. The number of carbonyl (C=O) groups excluding carboxylic acids is 1. The maximum absolute atomic E-state index is 14.3. The third kappa shape index (κ3) is 4.29. The van der Waals surface area contributed by atoms with Crippen LogP contribution in [-0.4, -0.2) is 42.8 Å². The van der Waals surface area contributed by atoms with E-state index in [1.807, 2.05) is 27.7 Å². The molecule has 1 aromatic heterocycles. The van der Waals surface area contributed by atoms with Crippen molar-refractivity contribution in [1.29, 1.82) is 0 Å². The van der Waals surface area contributed by atoms with Crippen LogP contribution in [-0.2, 0) is 11.3 Å². The van der Waals surface area contributed by atoms with Crippen LogP contribution in [0.3, 0.4) is 0 Å². The molecule has 1 aliphatic heterocycles. The molecule has 1 aliphatic rings. The molecule has 2 aromatic rings. The van der Waals surface area contributed by atoms with Crippen molar-refractivity contribution in [3.8, 4) is 0 Å². The van der Waals surface area contributed by atoms with Gasteiger partial charge in [0.05, 0.1) is 25.4 Å². The minimum absolute atomic E-state index is 0.00240. The second-order valence-corrected chi connectivity index (χ2v) is 7.58. The average Bonchev–Trinajstić information content (AvgIpc) is 2.95. The summed E-state index contributed by atoms with van der Waals surface area (Å²) in [5.74, 6) is -1.45. The van der Waals surface area contributed by atoms with Crippen LogP contribution in [0.15, 0.2) is 18.2 Å². The molecule has 7 heteroatoms. The van der Waals surface area contributed by atoms with E-state index in [2.05, 4.69) is 10.2 Å². The Morgan fingerprint density at radius 2 is 1.83 bits per heavy atom. The first-order valence-corrected chi connectivity index (χ1v) is 10.1. The SMILES string of the molecule is CC[C@H](C)NC(=O)c1c(C)c(N2CCOCC2)c(C)n1Cc1c(F)cccc1F. The van der Waals surface area contributed by atoms with Crippen molar-refractivity contribution in [3.05, 3.63) is 52.3 Å². The monoisotopic (exact) mass is 405 g/mol. The minimum atomic E-state index is -0.614. The average molecular weight is 405 g/mol. The number of nitrogens with one attached hydrogen (secondary N) is 1. The molecule has 1 atom stereocenters. The van der Waals surface area contributed by atoms with E-state index in [1.165, 1.54) is 18.2 Å². The molecule has 0 unspecified atom stereocenters. The number of aromatic nitrogens is 1. The molecule has 2 heterocycles. The minimum Gasteiger partial charge on any atom is -0.378 e. The summed E-state index contributed by atoms with van der Waals surface area (Å²) in [6, 6.07) is 3.83. The van der Waals surface area contributed by atoms with E-state index >= 15 is 0 Å². The van der Waals surface area contributed by atoms with E-state index in [0.29, 0.717) is 32.0 Å². The van der Waals surface area contributed by atoms with E-state index in [4.69, 9.17) is 4.74 Å². The van der Waals surface area contributed by atoms with Gasteiger partial charge in [-0.3, -0.25) is 4.79 Å². The number of benzene rings is 1. The number of morpholine rings is 1. The smallest absolute Gasteiger partial charge is 0.268 e. The summed E-state index contributed by atoms with van der Waals surface area (Å²) in [7, 11) is 0. The van der Waals surface area contributed by atoms with Gasteiger partial charge in [0, 0.05) is 36.0 Å². The van der Waals surface area contributed by atoms with Gasteiger partial charge in [0.2, 0.25) is 0 Å². The van der Waals surface area contributed by atoms with Gasteiger partial charge < -0.3 is 19.5 Å². The van der Waals surface area contributed by atoms with Crippen LogP contribution < -0.4 is 10.2 Å². The summed E-state index contributed by atoms with van der Waals surface area (Å²) >= 11 is 0. The Labute approximate surface area is 170 Å². The number of amides is 1. The first kappa shape index (κ1) is 21.3. The number of anilines is 1. The molecule has 0 bridgehead atoms. The fourth-order valence-electron chi connectivity index (χ4n) is 3.86. The van der Waals surface area contributed by atoms with Crippen LogP contribution in [0.2, 0.25) is 0 Å². The van der Waals surface area contributed by atoms with Crippen molar-refractivity contribution in [3.63, 3.8) is 0 Å². The summed E-state index contributed by atoms with van der Waals surface area (Å²) in [6.45, 7) is 10.3. The first-order chi connectivity index (χ1) is 13.8. The molecule has 5 nitrogen and oxygen atoms in total. The maximum Gasteiger partial charge on any atom is 0.268 e. The Morgan fingerprint density at radius 1 is 1.21 bits per heavy atom. The molecule has 0 spiro atoms. The molecule has 3 rings (SSSR count). The van der Waals surface area contributed by atoms with E-state index < -0.39 is 11.6 Å². The lowest BCUT2D eigenvalue weighted by Gasteiger charge is -2.29. The molecule has 1 saturated heterocycles. The van der Waals surface area contributed by atoms with Gasteiger partial charge in [-0.2, -0.15) is 0 Å². The normalized spacial score (nSPS) is 15.4. The third-order valence-corrected chi connectivity index (χ3v) is 5.64. The fourth-order valence-corrected chi connectivity index (χ4v) is 3.86. The van der Waals surface area contributed by atoms with Gasteiger partial charge in [0.15, 0.2) is 0 Å². The fraction of sp³-hybridized carbons (Fsp3) is 0.500. The highest BCUT2D eigenvalue weighted by Gasteiger charge is 2.28. The van der Waals surface area contributed by atoms with Crippen molar-refractivity contribution >= 4 is 11.6 Å². The first-order valence-electron chi connectivity index (χ1n) is 10.1. The van der Waals surface area contributed by atoms with Crippen molar-refractivity contribution < 1.29 is 18.3 Å². The van der Waals surface area contributed by atoms with Crippen molar-refractivity contribution in [1.82, 2.24) is 9.88 Å². The lowest BCUT2D eigenvalue weighted by molar-refractivity contribution is 0.0929. The Morgan fingerprint density at radius 3 is 2.41 bits per heavy atom. The topological polar surface area (TPSA) is 46.5 Å². The molecule has 1 N–H and O–H groups in total. The zero-order chi connectivity index (χ0) is 21.1. The standard InChI is InChI=1S/C22H29F2N3O2/c1-5-14(2)25-22(28)21-15(3)20(26-9-11-29-12-10-26)16(4)27(21)13-17-18(23)7-6-8-19(17)24/h6-8,14H,5,9-13H2,1-4H3,(H,25,28)/t14-/m0/s1. The van der Waals surface area contributed by atoms with Crippen LogP contribution in [0, 0.1) is 25.5 Å². The number of nitrogens with zero attached hydrogens (tertiary/aromatic N) is 2. The zero-order valence-corrected chi connectivity index (χ0v) is 17.5. The zero-order valence-electron chi connectivity index (χ0n) is 17.5. The summed E-state index contributed by atoms with van der Waals surface area (Å²) < 4.78 is 35.9. The highest BCUT2D eigenvalue weighted by atomic mass is 19.1. The Kier molecular flexibility index (Phi) is 6.57. The second kappa shape index (κ2) is 8.95. The van der Waals surface area contributed by atoms with Gasteiger partial charge in [-0.25, -0.2) is 8.78 Å². The van der Waals surface area contributed by atoms with Crippen LogP contribution in [0.25, 0.3) is 0 Å². The van der Waals surface area contributed by atoms with Crippen LogP contribution in [0.5, 0.6) is 0 Å². The summed E-state index contributed by atoms with van der Waals surface area (Å²) in [4.78, 5) is 15.3. The predicted octanol–water partition coefficient (Wildman–Crippen LogP) is 3.80. The van der Waals surface area contributed by atoms with Crippen LogP contribution in [0.4, 0.5) is 14.5 Å². The van der Waals surface area contributed by atoms with E-state index in [0.717, 1.165) is 23.4 Å². The van der Waals surface area contributed by atoms with Crippen LogP contribution >= 0.6 is 0 Å². The van der Waals surface area contributed by atoms with E-state index in [1.54, 1.807) is 4.57 Å². The number of hydrogen-bond acceptors (Lipinski definition) is 3. The lowest BCUT2D eigenvalue weighted by atomic mass is 10.1. The van der Waals surface area contributed by atoms with Gasteiger partial charge in [-0.1, -0.05) is 13.0 Å². The van der Waals surface area contributed by atoms with Crippen molar-refractivity contribution in [2.24, 2.45) is 0 Å². The molecule has 0 saturated carbocycles. The Hall–Kier alpha value is -2.41. The molecule has 29 heavy (non-hydrogen) atoms. The molecular weight excluding hydrogens is 376 g/mol. The quantitative estimate of drug-likeness (QED) is 0.795. The summed E-state index contributed by atoms with van der Waals surface area (Å²) in [6.07, 6.45) is 0.794. The van der Waals surface area contributed by atoms with E-state index in [9.17, 15) is 13.6 Å². The Balaban J connectivity index is 2.10. The van der Waals surface area contributed by atoms with Gasteiger partial charge in [-0.05, 0) is 39.3 Å². The summed E-state index contributed by atoms with van der Waals surface area (Å²) in [5, 5.41) is 3.00. The van der Waals surface area contributed by atoms with Crippen LogP contribution in [0.1, 0.15) is 47.6 Å². The molecule has 1 aromatic carbocycles. The largest absolute Gasteiger partial charge is 0.378 e. The number of carbonyl (C=O) groups is 1. The van der Waals surface area contributed by atoms with Gasteiger partial charge in [0.25, 0.3) is 5.91 Å². The predicted molar refractivity (Wildman–Crippen MR) is 110 cm³/mol. The number of halogens is 2. The Bertz CT molecular complexity index is 868. The molecule has 0 aliphatic carbocycles. The lowest BCUT2D eigenvalue weighted by Crippen LogP contribution is -2.37. The number of hydrogen-bond donors (Lipinski definition) is 1. The number of rotatable bonds is 6. The summed E-state index contributed by atoms with van der Waals surface area (Å²) in [5.41, 5.74) is 2.99. The highest BCUT2D eigenvalue weighted by molar-refractivity contribution is 5.96. The number of ether oxygens (including phenoxy) is 1. The molecule has 0 radical (unpaired) electrons. The molecule has 1 amide bonds. The van der Waals surface area contributed by atoms with Crippen molar-refractivity contribution in [2.45, 2.75) is 46.7 Å². The van der Waals surface area contributed by atoms with Crippen molar-refractivity contribution in [2.75, 3.05) is 31.2 Å². The van der Waals surface area contributed by atoms with E-state index in [-0.39, 0.29) is 24.1 Å².